The maximum absolute atomic E-state index is 4.57. The third kappa shape index (κ3) is 2.50. The van der Waals surface area contributed by atoms with Gasteiger partial charge in [-0.2, -0.15) is 0 Å². The van der Waals surface area contributed by atoms with E-state index >= 15 is 0 Å². The predicted octanol–water partition coefficient (Wildman–Crippen LogP) is 6.72. The van der Waals surface area contributed by atoms with Gasteiger partial charge in [-0.1, -0.05) is 80.6 Å². The molecule has 0 radical (unpaired) electrons. The first-order chi connectivity index (χ1) is 13.1. The zero-order chi connectivity index (χ0) is 18.4. The van der Waals surface area contributed by atoms with Crippen molar-refractivity contribution < 1.29 is 0 Å². The van der Waals surface area contributed by atoms with E-state index < -0.39 is 0 Å². The summed E-state index contributed by atoms with van der Waals surface area (Å²) in [6, 6.07) is 30.3. The standard InChI is InChI=1S/C26H21N/c1-26(2)23-11-7-6-10-21(23)22-13-12-19(16-24(22)26)20-14-15-27-25(17-20)18-8-4-3-5-9-18/h3-17H,1-2H3. The van der Waals surface area contributed by atoms with Crippen molar-refractivity contribution in [2.45, 2.75) is 19.3 Å². The predicted molar refractivity (Wildman–Crippen MR) is 113 cm³/mol. The van der Waals surface area contributed by atoms with Gasteiger partial charge in [0, 0.05) is 17.2 Å². The summed E-state index contributed by atoms with van der Waals surface area (Å²) in [6.07, 6.45) is 1.91. The van der Waals surface area contributed by atoms with Crippen LogP contribution < -0.4 is 0 Å². The van der Waals surface area contributed by atoms with Gasteiger partial charge in [-0.3, -0.25) is 4.98 Å². The van der Waals surface area contributed by atoms with Crippen molar-refractivity contribution in [1.82, 2.24) is 4.98 Å². The summed E-state index contributed by atoms with van der Waals surface area (Å²) in [5.74, 6) is 0. The molecule has 0 bridgehead atoms. The van der Waals surface area contributed by atoms with Gasteiger partial charge in [0.15, 0.2) is 0 Å². The number of hydrogen-bond acceptors (Lipinski definition) is 1. The fraction of sp³-hybridized carbons (Fsp3) is 0.115. The molecular formula is C26H21N. The Balaban J connectivity index is 1.63. The smallest absolute Gasteiger partial charge is 0.0708 e. The van der Waals surface area contributed by atoms with Crippen LogP contribution in [-0.4, -0.2) is 4.98 Å². The molecule has 0 fully saturated rings. The molecule has 1 nitrogen and oxygen atoms in total. The highest BCUT2D eigenvalue weighted by Crippen LogP contribution is 2.49. The molecule has 0 spiro atoms. The zero-order valence-corrected chi connectivity index (χ0v) is 15.6. The first kappa shape index (κ1) is 16.0. The van der Waals surface area contributed by atoms with Gasteiger partial charge in [0.05, 0.1) is 5.69 Å². The van der Waals surface area contributed by atoms with Crippen molar-refractivity contribution in [2.24, 2.45) is 0 Å². The van der Waals surface area contributed by atoms with Crippen LogP contribution in [-0.2, 0) is 5.41 Å². The average molecular weight is 347 g/mol. The minimum atomic E-state index is 0.0250. The molecule has 3 aromatic carbocycles. The van der Waals surface area contributed by atoms with Gasteiger partial charge >= 0.3 is 0 Å². The fourth-order valence-corrected chi connectivity index (χ4v) is 4.26. The SMILES string of the molecule is CC1(C)c2ccccc2-c2ccc(-c3ccnc(-c4ccccc4)c3)cc21. The van der Waals surface area contributed by atoms with E-state index in [1.54, 1.807) is 0 Å². The Morgan fingerprint density at radius 3 is 2.15 bits per heavy atom. The molecule has 1 heteroatoms. The van der Waals surface area contributed by atoms with Crippen LogP contribution in [0, 0.1) is 0 Å². The molecule has 27 heavy (non-hydrogen) atoms. The Morgan fingerprint density at radius 2 is 1.30 bits per heavy atom. The molecule has 130 valence electrons. The highest BCUT2D eigenvalue weighted by Gasteiger charge is 2.35. The summed E-state index contributed by atoms with van der Waals surface area (Å²) in [5, 5.41) is 0. The highest BCUT2D eigenvalue weighted by molar-refractivity contribution is 5.84. The van der Waals surface area contributed by atoms with E-state index in [1.165, 1.54) is 33.4 Å². The van der Waals surface area contributed by atoms with E-state index in [1.807, 2.05) is 12.3 Å². The lowest BCUT2D eigenvalue weighted by molar-refractivity contribution is 0.660. The quantitative estimate of drug-likeness (QED) is 0.392. The number of aromatic nitrogens is 1. The summed E-state index contributed by atoms with van der Waals surface area (Å²) in [4.78, 5) is 4.57. The van der Waals surface area contributed by atoms with E-state index in [0.717, 1.165) is 11.3 Å². The number of rotatable bonds is 2. The minimum Gasteiger partial charge on any atom is -0.256 e. The van der Waals surface area contributed by atoms with E-state index in [-0.39, 0.29) is 5.41 Å². The summed E-state index contributed by atoms with van der Waals surface area (Å²) in [6.45, 7) is 4.65. The van der Waals surface area contributed by atoms with Gasteiger partial charge in [0.1, 0.15) is 0 Å². The molecule has 0 saturated heterocycles. The largest absolute Gasteiger partial charge is 0.256 e. The van der Waals surface area contributed by atoms with Gasteiger partial charge in [-0.05, 0) is 51.6 Å². The maximum Gasteiger partial charge on any atom is 0.0708 e. The summed E-state index contributed by atoms with van der Waals surface area (Å²) < 4.78 is 0. The molecule has 5 rings (SSSR count). The lowest BCUT2D eigenvalue weighted by Crippen LogP contribution is -2.14. The van der Waals surface area contributed by atoms with E-state index in [2.05, 4.69) is 97.7 Å². The average Bonchev–Trinajstić information content (AvgIpc) is 2.96. The third-order valence-corrected chi connectivity index (χ3v) is 5.75. The summed E-state index contributed by atoms with van der Waals surface area (Å²) in [5.41, 5.74) is 10.2. The van der Waals surface area contributed by atoms with Crippen LogP contribution >= 0.6 is 0 Å². The molecule has 0 aliphatic heterocycles. The van der Waals surface area contributed by atoms with Crippen molar-refractivity contribution in [2.75, 3.05) is 0 Å². The van der Waals surface area contributed by atoms with Gasteiger partial charge in [0.2, 0.25) is 0 Å². The number of hydrogen-bond donors (Lipinski definition) is 0. The molecule has 4 aromatic rings. The topological polar surface area (TPSA) is 12.9 Å². The molecule has 0 amide bonds. The van der Waals surface area contributed by atoms with Crippen LogP contribution in [0.25, 0.3) is 33.5 Å². The number of pyridine rings is 1. The Bertz CT molecular complexity index is 1140. The van der Waals surface area contributed by atoms with E-state index in [9.17, 15) is 0 Å². The van der Waals surface area contributed by atoms with E-state index in [4.69, 9.17) is 0 Å². The molecular weight excluding hydrogens is 326 g/mol. The Morgan fingerprint density at radius 1 is 0.593 bits per heavy atom. The molecule has 1 aromatic heterocycles. The van der Waals surface area contributed by atoms with Gasteiger partial charge in [-0.25, -0.2) is 0 Å². The van der Waals surface area contributed by atoms with E-state index in [0.29, 0.717) is 0 Å². The van der Waals surface area contributed by atoms with Gasteiger partial charge < -0.3 is 0 Å². The molecule has 0 atom stereocenters. The first-order valence-corrected chi connectivity index (χ1v) is 9.41. The van der Waals surface area contributed by atoms with Gasteiger partial charge in [-0.15, -0.1) is 0 Å². The van der Waals surface area contributed by atoms with Crippen LogP contribution in [0.2, 0.25) is 0 Å². The van der Waals surface area contributed by atoms with Crippen molar-refractivity contribution >= 4 is 0 Å². The lowest BCUT2D eigenvalue weighted by Gasteiger charge is -2.22. The zero-order valence-electron chi connectivity index (χ0n) is 15.6. The van der Waals surface area contributed by atoms with Gasteiger partial charge in [0.25, 0.3) is 0 Å². The second-order valence-electron chi connectivity index (χ2n) is 7.73. The minimum absolute atomic E-state index is 0.0250. The summed E-state index contributed by atoms with van der Waals surface area (Å²) >= 11 is 0. The number of nitrogens with zero attached hydrogens (tertiary/aromatic N) is 1. The number of benzene rings is 3. The molecule has 1 heterocycles. The van der Waals surface area contributed by atoms with Crippen molar-refractivity contribution in [3.8, 4) is 33.5 Å². The first-order valence-electron chi connectivity index (χ1n) is 9.41. The number of fused-ring (bicyclic) bond motifs is 3. The molecule has 0 N–H and O–H groups in total. The van der Waals surface area contributed by atoms with Crippen LogP contribution in [0.3, 0.4) is 0 Å². The monoisotopic (exact) mass is 347 g/mol. The third-order valence-electron chi connectivity index (χ3n) is 5.75. The van der Waals surface area contributed by atoms with Crippen molar-refractivity contribution in [3.63, 3.8) is 0 Å². The van der Waals surface area contributed by atoms with Crippen molar-refractivity contribution in [3.05, 3.63) is 102 Å². The Kier molecular flexibility index (Phi) is 3.51. The van der Waals surface area contributed by atoms with Crippen LogP contribution in [0.4, 0.5) is 0 Å². The lowest BCUT2D eigenvalue weighted by atomic mass is 9.81. The maximum atomic E-state index is 4.57. The molecule has 0 unspecified atom stereocenters. The highest BCUT2D eigenvalue weighted by atomic mass is 14.7. The molecule has 1 aliphatic rings. The summed E-state index contributed by atoms with van der Waals surface area (Å²) in [7, 11) is 0. The Hall–Kier alpha value is -3.19. The second-order valence-corrected chi connectivity index (χ2v) is 7.73. The van der Waals surface area contributed by atoms with Crippen LogP contribution in [0.15, 0.2) is 91.1 Å². The second kappa shape index (κ2) is 5.92. The Labute approximate surface area is 160 Å². The van der Waals surface area contributed by atoms with Crippen LogP contribution in [0.1, 0.15) is 25.0 Å². The molecule has 1 aliphatic carbocycles. The molecule has 0 saturated carbocycles. The fourth-order valence-electron chi connectivity index (χ4n) is 4.26. The normalized spacial score (nSPS) is 13.9. The van der Waals surface area contributed by atoms with Crippen LogP contribution in [0.5, 0.6) is 0 Å². The van der Waals surface area contributed by atoms with Crippen molar-refractivity contribution in [1.29, 1.82) is 0 Å².